The van der Waals surface area contributed by atoms with Gasteiger partial charge < -0.3 is 9.88 Å². The minimum Gasteiger partial charge on any atom is -0.350 e. The molecule has 0 aliphatic heterocycles. The van der Waals surface area contributed by atoms with E-state index in [9.17, 15) is 4.79 Å². The molecule has 0 spiro atoms. The molecule has 4 heteroatoms. The lowest BCUT2D eigenvalue weighted by molar-refractivity contribution is 0.0909. The molecule has 0 aromatic carbocycles. The summed E-state index contributed by atoms with van der Waals surface area (Å²) in [5.74, 6) is 0.0518. The molecule has 1 aliphatic carbocycles. The predicted octanol–water partition coefficient (Wildman–Crippen LogP) is 4.36. The minimum atomic E-state index is 0.0518. The first-order valence-corrected chi connectivity index (χ1v) is 8.47. The van der Waals surface area contributed by atoms with Gasteiger partial charge in [-0.3, -0.25) is 4.79 Å². The number of carbonyl (C=O) groups is 1. The molecule has 1 N–H and O–H groups in total. The van der Waals surface area contributed by atoms with Crippen molar-refractivity contribution in [1.29, 1.82) is 0 Å². The fourth-order valence-corrected chi connectivity index (χ4v) is 3.52. The van der Waals surface area contributed by atoms with E-state index < -0.39 is 0 Å². The molecular formula is C16H25BrN2O. The second-order valence-electron chi connectivity index (χ2n) is 6.29. The SMILES string of the molecule is CCCn1cc(Br)cc1C(=O)NCC1(C)CCCCC1. The average Bonchev–Trinajstić information content (AvgIpc) is 2.79. The Balaban J connectivity index is 1.97. The Morgan fingerprint density at radius 3 is 2.75 bits per heavy atom. The fourth-order valence-electron chi connectivity index (χ4n) is 3.06. The van der Waals surface area contributed by atoms with Crippen LogP contribution in [0.15, 0.2) is 16.7 Å². The molecule has 0 radical (unpaired) electrons. The quantitative estimate of drug-likeness (QED) is 0.848. The molecule has 20 heavy (non-hydrogen) atoms. The summed E-state index contributed by atoms with van der Waals surface area (Å²) in [7, 11) is 0. The molecule has 1 saturated carbocycles. The summed E-state index contributed by atoms with van der Waals surface area (Å²) in [6.45, 7) is 6.10. The van der Waals surface area contributed by atoms with Crippen LogP contribution in [-0.4, -0.2) is 17.0 Å². The second kappa shape index (κ2) is 6.79. The Morgan fingerprint density at radius 2 is 2.10 bits per heavy atom. The van der Waals surface area contributed by atoms with Crippen molar-refractivity contribution in [3.05, 3.63) is 22.4 Å². The highest BCUT2D eigenvalue weighted by Gasteiger charge is 2.27. The second-order valence-corrected chi connectivity index (χ2v) is 7.21. The van der Waals surface area contributed by atoms with Crippen LogP contribution in [-0.2, 0) is 6.54 Å². The Labute approximate surface area is 130 Å². The van der Waals surface area contributed by atoms with Crippen molar-refractivity contribution in [3.8, 4) is 0 Å². The number of carbonyl (C=O) groups excluding carboxylic acids is 1. The van der Waals surface area contributed by atoms with Gasteiger partial charge in [0.15, 0.2) is 0 Å². The van der Waals surface area contributed by atoms with E-state index in [4.69, 9.17) is 0 Å². The third-order valence-electron chi connectivity index (χ3n) is 4.30. The van der Waals surface area contributed by atoms with E-state index in [1.807, 2.05) is 16.8 Å². The summed E-state index contributed by atoms with van der Waals surface area (Å²) in [4.78, 5) is 12.4. The van der Waals surface area contributed by atoms with Crippen molar-refractivity contribution in [2.75, 3.05) is 6.54 Å². The molecule has 1 aromatic rings. The number of nitrogens with zero attached hydrogens (tertiary/aromatic N) is 1. The highest BCUT2D eigenvalue weighted by molar-refractivity contribution is 9.10. The molecule has 2 rings (SSSR count). The van der Waals surface area contributed by atoms with Crippen LogP contribution in [0.25, 0.3) is 0 Å². The highest BCUT2D eigenvalue weighted by atomic mass is 79.9. The van der Waals surface area contributed by atoms with Crippen LogP contribution >= 0.6 is 15.9 Å². The maximum atomic E-state index is 12.4. The maximum absolute atomic E-state index is 12.4. The Bertz CT molecular complexity index is 461. The number of amides is 1. The molecule has 1 aromatic heterocycles. The number of nitrogens with one attached hydrogen (secondary N) is 1. The lowest BCUT2D eigenvalue weighted by Crippen LogP contribution is -2.37. The van der Waals surface area contributed by atoms with Crippen LogP contribution in [0, 0.1) is 5.41 Å². The summed E-state index contributed by atoms with van der Waals surface area (Å²) in [6, 6.07) is 1.91. The molecule has 1 fully saturated rings. The molecule has 112 valence electrons. The van der Waals surface area contributed by atoms with Gasteiger partial charge in [0.05, 0.1) is 0 Å². The van der Waals surface area contributed by atoms with Crippen molar-refractivity contribution in [2.45, 2.75) is 58.9 Å². The van der Waals surface area contributed by atoms with Gasteiger partial charge in [-0.1, -0.05) is 33.1 Å². The topological polar surface area (TPSA) is 34.0 Å². The van der Waals surface area contributed by atoms with Gasteiger partial charge in [-0.2, -0.15) is 0 Å². The molecular weight excluding hydrogens is 316 g/mol. The maximum Gasteiger partial charge on any atom is 0.267 e. The zero-order chi connectivity index (χ0) is 14.6. The molecule has 0 bridgehead atoms. The smallest absolute Gasteiger partial charge is 0.267 e. The minimum absolute atomic E-state index is 0.0518. The van der Waals surface area contributed by atoms with Gasteiger partial charge in [0.25, 0.3) is 5.91 Å². The first kappa shape index (κ1) is 15.6. The normalized spacial score (nSPS) is 17.9. The third-order valence-corrected chi connectivity index (χ3v) is 4.73. The van der Waals surface area contributed by atoms with Gasteiger partial charge in [0.1, 0.15) is 5.69 Å². The zero-order valence-electron chi connectivity index (χ0n) is 12.5. The molecule has 1 aliphatic rings. The fraction of sp³-hybridized carbons (Fsp3) is 0.688. The van der Waals surface area contributed by atoms with Crippen LogP contribution in [0.4, 0.5) is 0 Å². The number of hydrogen-bond acceptors (Lipinski definition) is 1. The molecule has 0 saturated heterocycles. The van der Waals surface area contributed by atoms with Gasteiger partial charge in [0.2, 0.25) is 0 Å². The van der Waals surface area contributed by atoms with E-state index >= 15 is 0 Å². The predicted molar refractivity (Wildman–Crippen MR) is 85.9 cm³/mol. The van der Waals surface area contributed by atoms with Gasteiger partial charge in [-0.05, 0) is 46.7 Å². The van der Waals surface area contributed by atoms with Crippen molar-refractivity contribution in [3.63, 3.8) is 0 Å². The molecule has 0 unspecified atom stereocenters. The number of hydrogen-bond donors (Lipinski definition) is 1. The number of rotatable bonds is 5. The van der Waals surface area contributed by atoms with Gasteiger partial charge in [0, 0.05) is 23.8 Å². The summed E-state index contributed by atoms with van der Waals surface area (Å²) < 4.78 is 3.00. The number of aromatic nitrogens is 1. The lowest BCUT2D eigenvalue weighted by atomic mass is 9.76. The standard InChI is InChI=1S/C16H25BrN2O/c1-3-9-19-11-13(17)10-14(19)15(20)18-12-16(2)7-5-4-6-8-16/h10-11H,3-9,12H2,1-2H3,(H,18,20). The van der Waals surface area contributed by atoms with Crippen LogP contribution in [0.1, 0.15) is 62.9 Å². The van der Waals surface area contributed by atoms with Crippen LogP contribution < -0.4 is 5.32 Å². The van der Waals surface area contributed by atoms with Gasteiger partial charge >= 0.3 is 0 Å². The molecule has 3 nitrogen and oxygen atoms in total. The van der Waals surface area contributed by atoms with Crippen molar-refractivity contribution in [1.82, 2.24) is 9.88 Å². The Hall–Kier alpha value is -0.770. The molecule has 1 heterocycles. The molecule has 0 atom stereocenters. The zero-order valence-corrected chi connectivity index (χ0v) is 14.1. The van der Waals surface area contributed by atoms with Crippen LogP contribution in [0.5, 0.6) is 0 Å². The first-order valence-electron chi connectivity index (χ1n) is 7.68. The largest absolute Gasteiger partial charge is 0.350 e. The van der Waals surface area contributed by atoms with Crippen molar-refractivity contribution >= 4 is 21.8 Å². The summed E-state index contributed by atoms with van der Waals surface area (Å²) in [5, 5.41) is 3.14. The molecule has 1 amide bonds. The van der Waals surface area contributed by atoms with E-state index in [0.29, 0.717) is 0 Å². The highest BCUT2D eigenvalue weighted by Crippen LogP contribution is 2.35. The van der Waals surface area contributed by atoms with E-state index in [2.05, 4.69) is 35.1 Å². The van der Waals surface area contributed by atoms with E-state index in [1.54, 1.807) is 0 Å². The summed E-state index contributed by atoms with van der Waals surface area (Å²) >= 11 is 3.46. The number of halogens is 1. The van der Waals surface area contributed by atoms with E-state index in [1.165, 1.54) is 32.1 Å². The monoisotopic (exact) mass is 340 g/mol. The lowest BCUT2D eigenvalue weighted by Gasteiger charge is -2.33. The Kier molecular flexibility index (Phi) is 5.30. The number of aryl methyl sites for hydroxylation is 1. The average molecular weight is 341 g/mol. The van der Waals surface area contributed by atoms with Crippen molar-refractivity contribution < 1.29 is 4.79 Å². The van der Waals surface area contributed by atoms with E-state index in [0.717, 1.165) is 29.7 Å². The first-order chi connectivity index (χ1) is 9.54. The third kappa shape index (κ3) is 3.87. The Morgan fingerprint density at radius 1 is 1.40 bits per heavy atom. The van der Waals surface area contributed by atoms with Crippen LogP contribution in [0.2, 0.25) is 0 Å². The van der Waals surface area contributed by atoms with Crippen LogP contribution in [0.3, 0.4) is 0 Å². The van der Waals surface area contributed by atoms with E-state index in [-0.39, 0.29) is 11.3 Å². The van der Waals surface area contributed by atoms with Crippen molar-refractivity contribution in [2.24, 2.45) is 5.41 Å². The summed E-state index contributed by atoms with van der Waals surface area (Å²) in [6.07, 6.45) is 9.41. The van der Waals surface area contributed by atoms with Gasteiger partial charge in [-0.15, -0.1) is 0 Å². The van der Waals surface area contributed by atoms with Gasteiger partial charge in [-0.25, -0.2) is 0 Å². The summed E-state index contributed by atoms with van der Waals surface area (Å²) in [5.41, 5.74) is 1.05.